The second-order valence-electron chi connectivity index (χ2n) is 6.82. The van der Waals surface area contributed by atoms with Gasteiger partial charge in [-0.2, -0.15) is 0 Å². The number of benzene rings is 3. The lowest BCUT2D eigenvalue weighted by atomic mass is 10.2. The first-order valence-electron chi connectivity index (χ1n) is 9.72. The van der Waals surface area contributed by atoms with Gasteiger partial charge in [-0.15, -0.1) is 0 Å². The Bertz CT molecular complexity index is 1120. The monoisotopic (exact) mass is 498 g/mol. The number of hydrogen-bond donors (Lipinski definition) is 2. The van der Waals surface area contributed by atoms with Gasteiger partial charge in [0, 0.05) is 34.3 Å². The molecule has 166 valence electrons. The predicted octanol–water partition coefficient (Wildman–Crippen LogP) is 5.26. The average molecular weight is 499 g/mol. The summed E-state index contributed by atoms with van der Waals surface area (Å²) in [5, 5.41) is 5.59. The van der Waals surface area contributed by atoms with Crippen molar-refractivity contribution in [3.8, 4) is 17.2 Å². The highest BCUT2D eigenvalue weighted by Gasteiger charge is 2.13. The largest absolute Gasteiger partial charge is 0.497 e. The number of hydrogen-bond acceptors (Lipinski definition) is 5. The van der Waals surface area contributed by atoms with Crippen LogP contribution in [0.25, 0.3) is 0 Å². The van der Waals surface area contributed by atoms with Crippen molar-refractivity contribution >= 4 is 39.1 Å². The molecular formula is C24H23BrN2O5. The topological polar surface area (TPSA) is 85.9 Å². The molecule has 0 unspecified atom stereocenters. The van der Waals surface area contributed by atoms with E-state index in [0.29, 0.717) is 34.2 Å². The molecule has 0 aliphatic rings. The predicted molar refractivity (Wildman–Crippen MR) is 127 cm³/mol. The van der Waals surface area contributed by atoms with Gasteiger partial charge < -0.3 is 24.8 Å². The zero-order valence-electron chi connectivity index (χ0n) is 17.9. The highest BCUT2D eigenvalue weighted by Crippen LogP contribution is 2.31. The summed E-state index contributed by atoms with van der Waals surface area (Å²) in [6.07, 6.45) is 0. The van der Waals surface area contributed by atoms with Crippen LogP contribution in [0.3, 0.4) is 0 Å². The van der Waals surface area contributed by atoms with Crippen molar-refractivity contribution in [2.45, 2.75) is 13.5 Å². The highest BCUT2D eigenvalue weighted by molar-refractivity contribution is 9.10. The van der Waals surface area contributed by atoms with Gasteiger partial charge in [-0.25, -0.2) is 0 Å². The minimum atomic E-state index is -0.259. The molecule has 0 fully saturated rings. The summed E-state index contributed by atoms with van der Waals surface area (Å²) in [4.78, 5) is 24.2. The van der Waals surface area contributed by atoms with E-state index in [4.69, 9.17) is 14.2 Å². The molecule has 0 saturated carbocycles. The van der Waals surface area contributed by atoms with E-state index in [1.807, 2.05) is 6.07 Å². The Morgan fingerprint density at radius 2 is 1.62 bits per heavy atom. The van der Waals surface area contributed by atoms with Crippen LogP contribution in [0.5, 0.6) is 17.2 Å². The van der Waals surface area contributed by atoms with Crippen LogP contribution < -0.4 is 24.8 Å². The summed E-state index contributed by atoms with van der Waals surface area (Å²) < 4.78 is 17.6. The van der Waals surface area contributed by atoms with Gasteiger partial charge in [-0.3, -0.25) is 9.59 Å². The number of halogens is 1. The van der Waals surface area contributed by atoms with E-state index in [1.165, 1.54) is 6.92 Å². The zero-order valence-corrected chi connectivity index (χ0v) is 19.5. The van der Waals surface area contributed by atoms with Crippen LogP contribution in [-0.4, -0.2) is 26.0 Å². The van der Waals surface area contributed by atoms with Gasteiger partial charge in [0.05, 0.1) is 19.9 Å². The summed E-state index contributed by atoms with van der Waals surface area (Å²) >= 11 is 3.35. The molecule has 3 rings (SSSR count). The number of methoxy groups -OCH3 is 2. The number of carbonyl (C=O) groups excluding carboxylic acids is 2. The van der Waals surface area contributed by atoms with E-state index in [1.54, 1.807) is 68.8 Å². The fraction of sp³-hybridized carbons (Fsp3) is 0.167. The van der Waals surface area contributed by atoms with Crippen molar-refractivity contribution in [3.05, 3.63) is 76.3 Å². The molecule has 7 nitrogen and oxygen atoms in total. The molecule has 0 saturated heterocycles. The highest BCUT2D eigenvalue weighted by atomic mass is 79.9. The van der Waals surface area contributed by atoms with E-state index in [-0.39, 0.29) is 18.4 Å². The lowest BCUT2D eigenvalue weighted by Crippen LogP contribution is -2.13. The second kappa shape index (κ2) is 10.7. The molecule has 0 heterocycles. The minimum absolute atomic E-state index is 0.164. The fourth-order valence-electron chi connectivity index (χ4n) is 2.97. The Hall–Kier alpha value is -3.52. The van der Waals surface area contributed by atoms with Crippen LogP contribution in [0.1, 0.15) is 22.8 Å². The molecule has 2 amide bonds. The number of amides is 2. The van der Waals surface area contributed by atoms with Crippen LogP contribution in [0.4, 0.5) is 11.4 Å². The van der Waals surface area contributed by atoms with E-state index >= 15 is 0 Å². The molecule has 2 N–H and O–H groups in total. The second-order valence-corrected chi connectivity index (χ2v) is 7.74. The van der Waals surface area contributed by atoms with Crippen molar-refractivity contribution in [1.29, 1.82) is 0 Å². The lowest BCUT2D eigenvalue weighted by molar-refractivity contribution is -0.114. The Morgan fingerprint density at radius 1 is 0.875 bits per heavy atom. The quantitative estimate of drug-likeness (QED) is 0.442. The van der Waals surface area contributed by atoms with Crippen molar-refractivity contribution in [2.24, 2.45) is 0 Å². The van der Waals surface area contributed by atoms with E-state index in [0.717, 1.165) is 10.0 Å². The first-order valence-corrected chi connectivity index (χ1v) is 10.5. The molecule has 0 aliphatic heterocycles. The van der Waals surface area contributed by atoms with Gasteiger partial charge in [0.1, 0.15) is 23.9 Å². The van der Waals surface area contributed by atoms with Crippen molar-refractivity contribution in [1.82, 2.24) is 0 Å². The summed E-state index contributed by atoms with van der Waals surface area (Å²) in [5.41, 5.74) is 2.30. The first-order chi connectivity index (χ1) is 15.4. The Morgan fingerprint density at radius 3 is 2.28 bits per heavy atom. The smallest absolute Gasteiger partial charge is 0.255 e. The number of anilines is 2. The molecule has 3 aromatic carbocycles. The van der Waals surface area contributed by atoms with E-state index < -0.39 is 0 Å². The minimum Gasteiger partial charge on any atom is -0.497 e. The third-order valence-electron chi connectivity index (χ3n) is 4.53. The molecule has 32 heavy (non-hydrogen) atoms. The summed E-state index contributed by atoms with van der Waals surface area (Å²) in [6.45, 7) is 1.58. The number of nitrogens with one attached hydrogen (secondary N) is 2. The van der Waals surface area contributed by atoms with Crippen molar-refractivity contribution < 1.29 is 23.8 Å². The van der Waals surface area contributed by atoms with Gasteiger partial charge in [0.2, 0.25) is 5.91 Å². The molecule has 0 atom stereocenters. The van der Waals surface area contributed by atoms with Crippen molar-refractivity contribution in [3.63, 3.8) is 0 Å². The van der Waals surface area contributed by atoms with Gasteiger partial charge in [0.15, 0.2) is 0 Å². The maximum Gasteiger partial charge on any atom is 0.255 e. The molecule has 0 bridgehead atoms. The summed E-state index contributed by atoms with van der Waals surface area (Å²) in [7, 11) is 3.16. The summed E-state index contributed by atoms with van der Waals surface area (Å²) in [5.74, 6) is 1.22. The van der Waals surface area contributed by atoms with Crippen LogP contribution in [0.2, 0.25) is 0 Å². The van der Waals surface area contributed by atoms with Crippen LogP contribution in [0.15, 0.2) is 65.1 Å². The Labute approximate surface area is 194 Å². The third-order valence-corrected chi connectivity index (χ3v) is 5.06. The van der Waals surface area contributed by atoms with E-state index in [9.17, 15) is 9.59 Å². The number of carbonyl (C=O) groups is 2. The maximum absolute atomic E-state index is 12.6. The Kier molecular flexibility index (Phi) is 7.72. The molecule has 3 aromatic rings. The molecule has 0 radical (unpaired) electrons. The molecule has 0 aliphatic carbocycles. The van der Waals surface area contributed by atoms with Gasteiger partial charge in [0.25, 0.3) is 5.91 Å². The fourth-order valence-corrected chi connectivity index (χ4v) is 3.23. The Balaban J connectivity index is 1.83. The number of ether oxygens (including phenoxy) is 3. The van der Waals surface area contributed by atoms with Crippen LogP contribution in [-0.2, 0) is 11.4 Å². The van der Waals surface area contributed by atoms with Crippen LogP contribution >= 0.6 is 15.9 Å². The van der Waals surface area contributed by atoms with E-state index in [2.05, 4.69) is 26.6 Å². The average Bonchev–Trinajstić information content (AvgIpc) is 2.78. The first kappa shape index (κ1) is 23.1. The third kappa shape index (κ3) is 6.01. The summed E-state index contributed by atoms with van der Waals surface area (Å²) in [6, 6.07) is 17.5. The molecule has 0 spiro atoms. The molecule has 8 heteroatoms. The standard InChI is InChI=1S/C24H23BrN2O5/c1-15(28)26-21-10-8-19(27-24(29)16-4-6-18(25)7-5-16)13-23(21)32-14-17-12-20(30-2)9-11-22(17)31-3/h4-13H,14H2,1-3H3,(H,26,28)(H,27,29). The molecule has 0 aromatic heterocycles. The van der Waals surface area contributed by atoms with Crippen molar-refractivity contribution in [2.75, 3.05) is 24.9 Å². The molecular weight excluding hydrogens is 476 g/mol. The van der Waals surface area contributed by atoms with Crippen LogP contribution in [0, 0.1) is 0 Å². The van der Waals surface area contributed by atoms with Gasteiger partial charge in [-0.1, -0.05) is 15.9 Å². The zero-order chi connectivity index (χ0) is 23.1. The maximum atomic E-state index is 12.6. The van der Waals surface area contributed by atoms with Gasteiger partial charge in [-0.05, 0) is 54.6 Å². The normalized spacial score (nSPS) is 10.2. The number of rotatable bonds is 8. The lowest BCUT2D eigenvalue weighted by Gasteiger charge is -2.16. The van der Waals surface area contributed by atoms with Gasteiger partial charge >= 0.3 is 0 Å². The SMILES string of the molecule is COc1ccc(OC)c(COc2cc(NC(=O)c3ccc(Br)cc3)ccc2NC(C)=O)c1.